The summed E-state index contributed by atoms with van der Waals surface area (Å²) in [5, 5.41) is 2.55. The molecule has 0 unspecified atom stereocenters. The SMILES string of the molecule is CCN1C(=O)N/C(=C/c2ccccc2)C1=O. The molecular formula is C12H12N2O2. The standard InChI is InChI=1S/C12H12N2O2/c1-2-14-11(15)10(13-12(14)16)8-9-6-4-3-5-7-9/h3-8H,2H2,1H3,(H,13,16)/b10-8+. The minimum absolute atomic E-state index is 0.267. The minimum atomic E-state index is -0.352. The molecule has 1 aliphatic rings. The van der Waals surface area contributed by atoms with Crippen molar-refractivity contribution >= 4 is 18.0 Å². The number of urea groups is 1. The maximum absolute atomic E-state index is 11.7. The maximum atomic E-state index is 11.7. The van der Waals surface area contributed by atoms with E-state index in [1.54, 1.807) is 13.0 Å². The first-order chi connectivity index (χ1) is 7.72. The number of carbonyl (C=O) groups excluding carboxylic acids is 2. The molecule has 0 saturated carbocycles. The molecule has 0 aromatic heterocycles. The second kappa shape index (κ2) is 4.18. The van der Waals surface area contributed by atoms with Crippen LogP contribution in [-0.2, 0) is 4.79 Å². The van der Waals surface area contributed by atoms with Gasteiger partial charge in [-0.05, 0) is 18.6 Å². The summed E-state index contributed by atoms with van der Waals surface area (Å²) in [7, 11) is 0. The van der Waals surface area contributed by atoms with Crippen LogP contribution in [0.2, 0.25) is 0 Å². The van der Waals surface area contributed by atoms with E-state index >= 15 is 0 Å². The van der Waals surface area contributed by atoms with Crippen LogP contribution in [0.15, 0.2) is 36.0 Å². The Balaban J connectivity index is 2.27. The zero-order valence-electron chi connectivity index (χ0n) is 8.93. The van der Waals surface area contributed by atoms with Gasteiger partial charge in [0.15, 0.2) is 0 Å². The number of likely N-dealkylation sites (N-methyl/N-ethyl adjacent to an activating group) is 1. The fourth-order valence-corrected chi connectivity index (χ4v) is 1.57. The lowest BCUT2D eigenvalue weighted by Gasteiger charge is -2.05. The summed E-state index contributed by atoms with van der Waals surface area (Å²) in [5.41, 5.74) is 1.22. The molecule has 2 rings (SSSR count). The molecule has 1 aromatic rings. The van der Waals surface area contributed by atoms with Gasteiger partial charge in [-0.15, -0.1) is 0 Å². The van der Waals surface area contributed by atoms with Gasteiger partial charge in [0.2, 0.25) is 0 Å². The molecule has 0 atom stereocenters. The summed E-state index contributed by atoms with van der Waals surface area (Å²) in [6.07, 6.45) is 1.68. The van der Waals surface area contributed by atoms with Gasteiger partial charge in [0.25, 0.3) is 5.91 Å². The Hall–Kier alpha value is -2.10. The van der Waals surface area contributed by atoms with E-state index in [9.17, 15) is 9.59 Å². The van der Waals surface area contributed by atoms with Crippen molar-refractivity contribution in [3.63, 3.8) is 0 Å². The molecule has 1 fully saturated rings. The molecule has 3 amide bonds. The van der Waals surface area contributed by atoms with Crippen LogP contribution >= 0.6 is 0 Å². The van der Waals surface area contributed by atoms with Crippen LogP contribution in [0, 0.1) is 0 Å². The monoisotopic (exact) mass is 216 g/mol. The van der Waals surface area contributed by atoms with E-state index in [2.05, 4.69) is 5.32 Å². The van der Waals surface area contributed by atoms with Gasteiger partial charge in [-0.3, -0.25) is 9.69 Å². The van der Waals surface area contributed by atoms with E-state index < -0.39 is 0 Å². The van der Waals surface area contributed by atoms with Crippen LogP contribution in [0.4, 0.5) is 4.79 Å². The van der Waals surface area contributed by atoms with E-state index in [0.29, 0.717) is 12.2 Å². The fourth-order valence-electron chi connectivity index (χ4n) is 1.57. The van der Waals surface area contributed by atoms with Crippen LogP contribution in [0.25, 0.3) is 6.08 Å². The molecule has 1 aromatic carbocycles. The highest BCUT2D eigenvalue weighted by atomic mass is 16.2. The highest BCUT2D eigenvalue weighted by Gasteiger charge is 2.31. The van der Waals surface area contributed by atoms with E-state index in [1.807, 2.05) is 30.3 Å². The average molecular weight is 216 g/mol. The number of nitrogens with one attached hydrogen (secondary N) is 1. The molecule has 0 aliphatic carbocycles. The van der Waals surface area contributed by atoms with Gasteiger partial charge >= 0.3 is 6.03 Å². The van der Waals surface area contributed by atoms with Crippen molar-refractivity contribution in [1.82, 2.24) is 10.2 Å². The molecule has 0 spiro atoms. The quantitative estimate of drug-likeness (QED) is 0.603. The first-order valence-corrected chi connectivity index (χ1v) is 5.12. The van der Waals surface area contributed by atoms with Crippen molar-refractivity contribution in [2.75, 3.05) is 6.54 Å². The number of hydrogen-bond acceptors (Lipinski definition) is 2. The molecule has 82 valence electrons. The van der Waals surface area contributed by atoms with Crippen molar-refractivity contribution in [3.8, 4) is 0 Å². The van der Waals surface area contributed by atoms with Crippen molar-refractivity contribution in [1.29, 1.82) is 0 Å². The van der Waals surface area contributed by atoms with Crippen LogP contribution < -0.4 is 5.32 Å². The molecule has 1 aliphatic heterocycles. The predicted molar refractivity (Wildman–Crippen MR) is 60.3 cm³/mol. The van der Waals surface area contributed by atoms with Crippen molar-refractivity contribution in [3.05, 3.63) is 41.6 Å². The Bertz CT molecular complexity index is 451. The third kappa shape index (κ3) is 1.82. The van der Waals surface area contributed by atoms with E-state index in [1.165, 1.54) is 4.90 Å². The van der Waals surface area contributed by atoms with Gasteiger partial charge in [0, 0.05) is 6.54 Å². The van der Waals surface area contributed by atoms with Gasteiger partial charge in [0.1, 0.15) is 5.70 Å². The highest BCUT2D eigenvalue weighted by Crippen LogP contribution is 2.13. The zero-order chi connectivity index (χ0) is 11.5. The van der Waals surface area contributed by atoms with Crippen LogP contribution in [0.1, 0.15) is 12.5 Å². The van der Waals surface area contributed by atoms with Crippen molar-refractivity contribution in [2.24, 2.45) is 0 Å². The smallest absolute Gasteiger partial charge is 0.303 e. The zero-order valence-corrected chi connectivity index (χ0v) is 8.93. The van der Waals surface area contributed by atoms with Gasteiger partial charge < -0.3 is 5.32 Å². The molecule has 0 radical (unpaired) electrons. The van der Waals surface area contributed by atoms with Gasteiger partial charge in [-0.25, -0.2) is 4.79 Å². The topological polar surface area (TPSA) is 49.4 Å². The molecule has 1 heterocycles. The van der Waals surface area contributed by atoms with Crippen LogP contribution in [0.3, 0.4) is 0 Å². The molecule has 16 heavy (non-hydrogen) atoms. The van der Waals surface area contributed by atoms with Gasteiger partial charge in [-0.1, -0.05) is 30.3 Å². The van der Waals surface area contributed by atoms with E-state index in [-0.39, 0.29) is 11.9 Å². The summed E-state index contributed by atoms with van der Waals surface area (Å²) >= 11 is 0. The Kier molecular flexibility index (Phi) is 2.72. The Morgan fingerprint density at radius 3 is 2.50 bits per heavy atom. The van der Waals surface area contributed by atoms with Gasteiger partial charge in [-0.2, -0.15) is 0 Å². The first-order valence-electron chi connectivity index (χ1n) is 5.12. The average Bonchev–Trinajstić information content (AvgIpc) is 2.55. The lowest BCUT2D eigenvalue weighted by atomic mass is 10.2. The summed E-state index contributed by atoms with van der Waals surface area (Å²) < 4.78 is 0. The molecule has 1 saturated heterocycles. The van der Waals surface area contributed by atoms with Gasteiger partial charge in [0.05, 0.1) is 0 Å². The van der Waals surface area contributed by atoms with Crippen molar-refractivity contribution < 1.29 is 9.59 Å². The van der Waals surface area contributed by atoms with Crippen LogP contribution in [0.5, 0.6) is 0 Å². The summed E-state index contributed by atoms with van der Waals surface area (Å²) in [6, 6.07) is 9.06. The number of benzene rings is 1. The Morgan fingerprint density at radius 1 is 1.25 bits per heavy atom. The Labute approximate surface area is 93.6 Å². The number of imide groups is 1. The minimum Gasteiger partial charge on any atom is -0.303 e. The first kappa shape index (κ1) is 10.4. The number of nitrogens with zero attached hydrogens (tertiary/aromatic N) is 1. The molecule has 4 nitrogen and oxygen atoms in total. The second-order valence-electron chi connectivity index (χ2n) is 3.45. The summed E-state index contributed by atoms with van der Waals surface area (Å²) in [5.74, 6) is -0.267. The van der Waals surface area contributed by atoms with Crippen LogP contribution in [-0.4, -0.2) is 23.4 Å². The Morgan fingerprint density at radius 2 is 1.94 bits per heavy atom. The molecule has 1 N–H and O–H groups in total. The highest BCUT2D eigenvalue weighted by molar-refractivity contribution is 6.13. The van der Waals surface area contributed by atoms with E-state index in [0.717, 1.165) is 5.56 Å². The molecule has 0 bridgehead atoms. The third-order valence-corrected chi connectivity index (χ3v) is 2.39. The maximum Gasteiger partial charge on any atom is 0.328 e. The van der Waals surface area contributed by atoms with E-state index in [4.69, 9.17) is 0 Å². The number of rotatable bonds is 2. The third-order valence-electron chi connectivity index (χ3n) is 2.39. The van der Waals surface area contributed by atoms with Crippen molar-refractivity contribution in [2.45, 2.75) is 6.92 Å². The molecule has 4 heteroatoms. The number of amides is 3. The normalized spacial score (nSPS) is 18.1. The largest absolute Gasteiger partial charge is 0.328 e. The number of carbonyl (C=O) groups is 2. The molecular weight excluding hydrogens is 204 g/mol. The lowest BCUT2D eigenvalue weighted by Crippen LogP contribution is -2.30. The summed E-state index contributed by atoms with van der Waals surface area (Å²) in [6.45, 7) is 2.15. The predicted octanol–water partition coefficient (Wildman–Crippen LogP) is 1.60. The lowest BCUT2D eigenvalue weighted by molar-refractivity contribution is -0.122. The second-order valence-corrected chi connectivity index (χ2v) is 3.45. The summed E-state index contributed by atoms with van der Waals surface area (Å²) in [4.78, 5) is 24.3. The number of hydrogen-bond donors (Lipinski definition) is 1. The fraction of sp³-hybridized carbons (Fsp3) is 0.167.